The summed E-state index contributed by atoms with van der Waals surface area (Å²) in [5.74, 6) is -1.78. The summed E-state index contributed by atoms with van der Waals surface area (Å²) in [5, 5.41) is 19.3. The molecular weight excluding hydrogens is 268 g/mol. The zero-order valence-corrected chi connectivity index (χ0v) is 13.8. The summed E-state index contributed by atoms with van der Waals surface area (Å²) in [6.45, 7) is 4.86. The lowest BCUT2D eigenvalue weighted by Gasteiger charge is -2.28. The Morgan fingerprint density at radius 2 is 1.38 bits per heavy atom. The fourth-order valence-electron chi connectivity index (χ4n) is 2.46. The summed E-state index contributed by atoms with van der Waals surface area (Å²) in [5.41, 5.74) is 0. The molecule has 0 fully saturated rings. The molecule has 125 valence electrons. The van der Waals surface area contributed by atoms with Crippen LogP contribution in [-0.4, -0.2) is 28.6 Å². The van der Waals surface area contributed by atoms with Crippen LogP contribution in [0.5, 0.6) is 0 Å². The maximum atomic E-state index is 10.2. The lowest BCUT2D eigenvalue weighted by atomic mass is 10.0. The van der Waals surface area contributed by atoms with Gasteiger partial charge in [-0.25, -0.2) is 4.79 Å². The molecule has 2 unspecified atom stereocenters. The van der Waals surface area contributed by atoms with Crippen LogP contribution in [0.2, 0.25) is 0 Å². The Labute approximate surface area is 129 Å². The second-order valence-corrected chi connectivity index (χ2v) is 5.99. The van der Waals surface area contributed by atoms with Crippen molar-refractivity contribution in [2.45, 2.75) is 103 Å². The average Bonchev–Trinajstić information content (AvgIpc) is 2.45. The molecule has 0 amide bonds. The van der Waals surface area contributed by atoms with Crippen molar-refractivity contribution in [3.63, 3.8) is 0 Å². The summed E-state index contributed by atoms with van der Waals surface area (Å²) in [6.07, 6.45) is 12.5. The highest BCUT2D eigenvalue weighted by Gasteiger charge is 2.34. The fourth-order valence-corrected chi connectivity index (χ4v) is 2.46. The number of hydrogen-bond acceptors (Lipinski definition) is 4. The third kappa shape index (κ3) is 10.7. The van der Waals surface area contributed by atoms with Gasteiger partial charge in [0, 0.05) is 6.42 Å². The Balaban J connectivity index is 3.44. The maximum Gasteiger partial charge on any atom is 0.420 e. The molecule has 0 aliphatic heterocycles. The molecule has 2 atom stereocenters. The highest BCUT2D eigenvalue weighted by molar-refractivity contribution is 5.39. The first-order valence-corrected chi connectivity index (χ1v) is 8.52. The first kappa shape index (κ1) is 20.4. The number of rotatable bonds is 15. The molecule has 0 aromatic rings. The molecule has 1 radical (unpaired) electrons. The minimum Gasteiger partial charge on any atom is -0.422 e. The normalized spacial score (nSPS) is 15.4. The SMILES string of the molecule is CCCCCCCCCCCCCC(O)(O[C]=O)C(C)O. The second kappa shape index (κ2) is 13.1. The van der Waals surface area contributed by atoms with Gasteiger partial charge < -0.3 is 14.9 Å². The molecule has 4 nitrogen and oxygen atoms in total. The van der Waals surface area contributed by atoms with Crippen LogP contribution in [0, 0.1) is 0 Å². The Morgan fingerprint density at radius 3 is 1.76 bits per heavy atom. The van der Waals surface area contributed by atoms with E-state index in [-0.39, 0.29) is 6.42 Å². The molecule has 0 bridgehead atoms. The van der Waals surface area contributed by atoms with Gasteiger partial charge in [-0.15, -0.1) is 0 Å². The van der Waals surface area contributed by atoms with Gasteiger partial charge in [0.2, 0.25) is 5.79 Å². The molecule has 0 saturated carbocycles. The van der Waals surface area contributed by atoms with E-state index in [1.807, 2.05) is 0 Å². The highest BCUT2D eigenvalue weighted by Crippen LogP contribution is 2.21. The van der Waals surface area contributed by atoms with E-state index in [1.165, 1.54) is 64.8 Å². The summed E-state index contributed by atoms with van der Waals surface area (Å²) in [6, 6.07) is 0. The molecule has 0 spiro atoms. The van der Waals surface area contributed by atoms with E-state index < -0.39 is 11.9 Å². The largest absolute Gasteiger partial charge is 0.422 e. The van der Waals surface area contributed by atoms with Gasteiger partial charge in [0.05, 0.1) is 0 Å². The third-order valence-corrected chi connectivity index (χ3v) is 4.01. The predicted molar refractivity (Wildman–Crippen MR) is 84.5 cm³/mol. The summed E-state index contributed by atoms with van der Waals surface area (Å²) < 4.78 is 4.48. The molecule has 0 aromatic heterocycles. The second-order valence-electron chi connectivity index (χ2n) is 5.99. The van der Waals surface area contributed by atoms with E-state index in [1.54, 1.807) is 0 Å². The Morgan fingerprint density at radius 1 is 0.952 bits per heavy atom. The van der Waals surface area contributed by atoms with Gasteiger partial charge in [-0.3, -0.25) is 0 Å². The van der Waals surface area contributed by atoms with Gasteiger partial charge in [-0.2, -0.15) is 0 Å². The monoisotopic (exact) mass is 301 g/mol. The van der Waals surface area contributed by atoms with Gasteiger partial charge >= 0.3 is 6.47 Å². The maximum absolute atomic E-state index is 10.2. The van der Waals surface area contributed by atoms with Crippen molar-refractivity contribution in [2.24, 2.45) is 0 Å². The van der Waals surface area contributed by atoms with Crippen molar-refractivity contribution in [1.82, 2.24) is 0 Å². The van der Waals surface area contributed by atoms with Gasteiger partial charge in [-0.05, 0) is 13.3 Å². The zero-order chi connectivity index (χ0) is 16.0. The van der Waals surface area contributed by atoms with E-state index in [0.717, 1.165) is 19.3 Å². The van der Waals surface area contributed by atoms with Crippen molar-refractivity contribution in [3.8, 4) is 0 Å². The van der Waals surface area contributed by atoms with Crippen LogP contribution >= 0.6 is 0 Å². The summed E-state index contributed by atoms with van der Waals surface area (Å²) >= 11 is 0. The molecule has 0 aliphatic rings. The van der Waals surface area contributed by atoms with Gasteiger partial charge in [0.1, 0.15) is 6.10 Å². The van der Waals surface area contributed by atoms with E-state index in [0.29, 0.717) is 0 Å². The Hall–Kier alpha value is -0.610. The molecule has 0 aliphatic carbocycles. The summed E-state index contributed by atoms with van der Waals surface area (Å²) in [7, 11) is 0. The van der Waals surface area contributed by atoms with Crippen LogP contribution in [0.1, 0.15) is 90.9 Å². The van der Waals surface area contributed by atoms with Gasteiger partial charge in [-0.1, -0.05) is 71.1 Å². The van der Waals surface area contributed by atoms with Crippen LogP contribution in [0.4, 0.5) is 0 Å². The van der Waals surface area contributed by atoms with Crippen molar-refractivity contribution in [3.05, 3.63) is 0 Å². The number of hydrogen-bond donors (Lipinski definition) is 2. The van der Waals surface area contributed by atoms with Crippen molar-refractivity contribution >= 4 is 6.47 Å². The standard InChI is InChI=1S/C17H33O4/c1-3-4-5-6-7-8-9-10-11-12-13-14-17(20,16(2)19)21-15-18/h16,19-20H,3-14H2,1-2H3. The molecule has 4 heteroatoms. The van der Waals surface area contributed by atoms with Gasteiger partial charge in [0.25, 0.3) is 0 Å². The number of carbonyl (C=O) groups excluding carboxylic acids is 1. The highest BCUT2D eigenvalue weighted by atomic mass is 16.7. The van der Waals surface area contributed by atoms with Crippen LogP contribution in [-0.2, 0) is 9.53 Å². The molecule has 21 heavy (non-hydrogen) atoms. The van der Waals surface area contributed by atoms with E-state index in [2.05, 4.69) is 11.7 Å². The van der Waals surface area contributed by atoms with E-state index >= 15 is 0 Å². The van der Waals surface area contributed by atoms with Gasteiger partial charge in [0.15, 0.2) is 0 Å². The predicted octanol–water partition coefficient (Wildman–Crippen LogP) is 3.84. The quantitative estimate of drug-likeness (QED) is 0.356. The average molecular weight is 301 g/mol. The Bertz CT molecular complexity index is 243. The lowest BCUT2D eigenvalue weighted by molar-refractivity contribution is -0.213. The van der Waals surface area contributed by atoms with Crippen LogP contribution in [0.15, 0.2) is 0 Å². The molecule has 0 saturated heterocycles. The number of aliphatic hydroxyl groups is 2. The van der Waals surface area contributed by atoms with Crippen molar-refractivity contribution < 1.29 is 19.7 Å². The topological polar surface area (TPSA) is 66.8 Å². The third-order valence-electron chi connectivity index (χ3n) is 4.01. The lowest BCUT2D eigenvalue weighted by Crippen LogP contribution is -2.43. The van der Waals surface area contributed by atoms with Crippen LogP contribution < -0.4 is 0 Å². The number of unbranched alkanes of at least 4 members (excludes halogenated alkanes) is 10. The van der Waals surface area contributed by atoms with Crippen LogP contribution in [0.25, 0.3) is 0 Å². The minimum absolute atomic E-state index is 0.261. The first-order valence-electron chi connectivity index (χ1n) is 8.52. The molecular formula is C17H33O4. The molecule has 0 heterocycles. The zero-order valence-electron chi connectivity index (χ0n) is 13.8. The van der Waals surface area contributed by atoms with Crippen LogP contribution in [0.3, 0.4) is 0 Å². The molecule has 2 N–H and O–H groups in total. The van der Waals surface area contributed by atoms with E-state index in [4.69, 9.17) is 0 Å². The number of aliphatic hydroxyl groups excluding tert-OH is 1. The smallest absolute Gasteiger partial charge is 0.420 e. The molecule has 0 rings (SSSR count). The summed E-state index contributed by atoms with van der Waals surface area (Å²) in [4.78, 5) is 10.2. The first-order chi connectivity index (χ1) is 10.1. The minimum atomic E-state index is -1.78. The Kier molecular flexibility index (Phi) is 12.7. The van der Waals surface area contributed by atoms with Crippen molar-refractivity contribution in [2.75, 3.05) is 0 Å². The van der Waals surface area contributed by atoms with Crippen molar-refractivity contribution in [1.29, 1.82) is 0 Å². The van der Waals surface area contributed by atoms with E-state index in [9.17, 15) is 15.0 Å². The molecule has 0 aromatic carbocycles. The number of ether oxygens (including phenoxy) is 1. The fraction of sp³-hybridized carbons (Fsp3) is 0.941.